The van der Waals surface area contributed by atoms with E-state index in [0.717, 1.165) is 49.8 Å². The second-order valence-electron chi connectivity index (χ2n) is 7.87. The maximum Gasteiger partial charge on any atom is 0.325 e. The average Bonchev–Trinajstić information content (AvgIpc) is 2.96. The molecule has 28 heavy (non-hydrogen) atoms. The summed E-state index contributed by atoms with van der Waals surface area (Å²) >= 11 is 0. The van der Waals surface area contributed by atoms with Gasteiger partial charge in [-0.25, -0.2) is 4.79 Å². The van der Waals surface area contributed by atoms with Gasteiger partial charge >= 0.3 is 6.03 Å². The Labute approximate surface area is 166 Å². The second-order valence-corrected chi connectivity index (χ2v) is 7.87. The molecule has 1 aliphatic carbocycles. The Morgan fingerprint density at radius 1 is 1.14 bits per heavy atom. The maximum atomic E-state index is 12.6. The third-order valence-electron chi connectivity index (χ3n) is 5.57. The van der Waals surface area contributed by atoms with E-state index in [1.54, 1.807) is 0 Å². The van der Waals surface area contributed by atoms with Crippen LogP contribution in [0.15, 0.2) is 24.3 Å². The molecule has 1 aromatic carbocycles. The summed E-state index contributed by atoms with van der Waals surface area (Å²) in [5.41, 5.74) is 2.27. The van der Waals surface area contributed by atoms with Crippen LogP contribution >= 0.6 is 0 Å². The van der Waals surface area contributed by atoms with Crippen molar-refractivity contribution in [3.63, 3.8) is 0 Å². The van der Waals surface area contributed by atoms with Crippen LogP contribution in [0, 0.1) is 0 Å². The lowest BCUT2D eigenvalue weighted by atomic mass is 9.94. The van der Waals surface area contributed by atoms with Crippen molar-refractivity contribution in [3.8, 4) is 0 Å². The zero-order valence-electron chi connectivity index (χ0n) is 16.7. The van der Waals surface area contributed by atoms with Gasteiger partial charge < -0.3 is 15.5 Å². The number of imide groups is 1. The van der Waals surface area contributed by atoms with Crippen molar-refractivity contribution in [1.82, 2.24) is 15.5 Å². The topological polar surface area (TPSA) is 81.8 Å². The minimum atomic E-state index is -0.742. The number of amides is 4. The fourth-order valence-electron chi connectivity index (χ4n) is 3.94. The first-order valence-corrected chi connectivity index (χ1v) is 10.1. The summed E-state index contributed by atoms with van der Waals surface area (Å²) in [5.74, 6) is -0.472. The van der Waals surface area contributed by atoms with E-state index in [0.29, 0.717) is 6.54 Å². The van der Waals surface area contributed by atoms with Gasteiger partial charge in [-0.05, 0) is 37.0 Å². The molecule has 0 unspecified atom stereocenters. The molecule has 1 aromatic rings. The first-order chi connectivity index (χ1) is 13.5. The van der Waals surface area contributed by atoms with Crippen LogP contribution in [0.1, 0.15) is 44.1 Å². The van der Waals surface area contributed by atoms with Crippen LogP contribution in [0.5, 0.6) is 0 Å². The van der Waals surface area contributed by atoms with Crippen molar-refractivity contribution >= 4 is 23.5 Å². The van der Waals surface area contributed by atoms with Crippen molar-refractivity contribution in [2.75, 3.05) is 25.5 Å². The first-order valence-electron chi connectivity index (χ1n) is 10.1. The zero-order chi connectivity index (χ0) is 20.1. The summed E-state index contributed by atoms with van der Waals surface area (Å²) in [6.45, 7) is 0.501. The molecule has 1 heterocycles. The standard InChI is InChI=1S/C21H30N4O3/c1-24(2)16-10-8-15(9-11-16)12-13-22-19(26)14-18-20(27)25(21(28)23-18)17-6-4-3-5-7-17/h8-11,17-18H,3-7,12-14H2,1-2H3,(H,22,26)(H,23,28)/t18-/m0/s1. The molecule has 1 saturated carbocycles. The minimum absolute atomic E-state index is 0.00659. The van der Waals surface area contributed by atoms with E-state index in [4.69, 9.17) is 0 Å². The van der Waals surface area contributed by atoms with Gasteiger partial charge in [0.1, 0.15) is 6.04 Å². The predicted molar refractivity (Wildman–Crippen MR) is 108 cm³/mol. The lowest BCUT2D eigenvalue weighted by Gasteiger charge is -2.28. The van der Waals surface area contributed by atoms with Crippen molar-refractivity contribution < 1.29 is 14.4 Å². The highest BCUT2D eigenvalue weighted by Gasteiger charge is 2.42. The summed E-state index contributed by atoms with van der Waals surface area (Å²) in [5, 5.41) is 5.53. The van der Waals surface area contributed by atoms with Gasteiger partial charge in [-0.1, -0.05) is 31.4 Å². The summed E-state index contributed by atoms with van der Waals surface area (Å²) in [6.07, 6.45) is 5.69. The number of anilines is 1. The third-order valence-corrected chi connectivity index (χ3v) is 5.57. The van der Waals surface area contributed by atoms with E-state index in [-0.39, 0.29) is 30.3 Å². The molecule has 4 amide bonds. The highest BCUT2D eigenvalue weighted by Crippen LogP contribution is 2.25. The number of nitrogens with one attached hydrogen (secondary N) is 2. The second kappa shape index (κ2) is 9.08. The normalized spacial score (nSPS) is 20.2. The van der Waals surface area contributed by atoms with E-state index in [1.165, 1.54) is 4.90 Å². The number of carbonyl (C=O) groups excluding carboxylic acids is 3. The molecule has 2 N–H and O–H groups in total. The molecule has 0 aromatic heterocycles. The lowest BCUT2D eigenvalue weighted by molar-refractivity contribution is -0.132. The highest BCUT2D eigenvalue weighted by atomic mass is 16.2. The molecule has 2 aliphatic rings. The SMILES string of the molecule is CN(C)c1ccc(CCNC(=O)C[C@@H]2NC(=O)N(C3CCCCC3)C2=O)cc1. The third kappa shape index (κ3) is 4.82. The van der Waals surface area contributed by atoms with Crippen LogP contribution in [0.2, 0.25) is 0 Å². The van der Waals surface area contributed by atoms with Crippen molar-refractivity contribution in [1.29, 1.82) is 0 Å². The van der Waals surface area contributed by atoms with E-state index in [1.807, 2.05) is 43.3 Å². The minimum Gasteiger partial charge on any atom is -0.378 e. The molecule has 152 valence electrons. The number of benzene rings is 1. The Bertz CT molecular complexity index is 711. The molecular formula is C21H30N4O3. The Morgan fingerprint density at radius 3 is 2.46 bits per heavy atom. The van der Waals surface area contributed by atoms with Gasteiger partial charge in [0.25, 0.3) is 5.91 Å². The van der Waals surface area contributed by atoms with Gasteiger partial charge in [0.2, 0.25) is 5.91 Å². The molecule has 0 radical (unpaired) electrons. The van der Waals surface area contributed by atoms with Crippen LogP contribution in [0.4, 0.5) is 10.5 Å². The maximum absolute atomic E-state index is 12.6. The van der Waals surface area contributed by atoms with Gasteiger partial charge in [-0.15, -0.1) is 0 Å². The van der Waals surface area contributed by atoms with Gasteiger partial charge in [0.05, 0.1) is 6.42 Å². The van der Waals surface area contributed by atoms with E-state index >= 15 is 0 Å². The molecular weight excluding hydrogens is 356 g/mol. The summed E-state index contributed by atoms with van der Waals surface area (Å²) < 4.78 is 0. The monoisotopic (exact) mass is 386 g/mol. The van der Waals surface area contributed by atoms with Crippen LogP contribution in [0.3, 0.4) is 0 Å². The number of hydrogen-bond donors (Lipinski definition) is 2. The average molecular weight is 386 g/mol. The molecule has 7 nitrogen and oxygen atoms in total. The Hall–Kier alpha value is -2.57. The molecule has 1 saturated heterocycles. The smallest absolute Gasteiger partial charge is 0.325 e. The van der Waals surface area contributed by atoms with Crippen molar-refractivity contribution in [2.24, 2.45) is 0 Å². The zero-order valence-corrected chi connectivity index (χ0v) is 16.7. The molecule has 0 bridgehead atoms. The van der Waals surface area contributed by atoms with Crippen molar-refractivity contribution in [3.05, 3.63) is 29.8 Å². The predicted octanol–water partition coefficient (Wildman–Crippen LogP) is 2.05. The Morgan fingerprint density at radius 2 is 1.82 bits per heavy atom. The number of rotatable bonds is 7. The van der Waals surface area contributed by atoms with Crippen LogP contribution in [-0.2, 0) is 16.0 Å². The number of hydrogen-bond acceptors (Lipinski definition) is 4. The van der Waals surface area contributed by atoms with E-state index < -0.39 is 6.04 Å². The molecule has 0 spiro atoms. The molecule has 7 heteroatoms. The summed E-state index contributed by atoms with van der Waals surface area (Å²) in [4.78, 5) is 40.4. The van der Waals surface area contributed by atoms with Gasteiger partial charge in [-0.3, -0.25) is 14.5 Å². The van der Waals surface area contributed by atoms with E-state index in [2.05, 4.69) is 10.6 Å². The van der Waals surface area contributed by atoms with Crippen LogP contribution in [-0.4, -0.2) is 55.5 Å². The van der Waals surface area contributed by atoms with Crippen LogP contribution < -0.4 is 15.5 Å². The molecule has 1 aliphatic heterocycles. The van der Waals surface area contributed by atoms with Crippen molar-refractivity contribution in [2.45, 2.75) is 57.0 Å². The fraction of sp³-hybridized carbons (Fsp3) is 0.571. The Kier molecular flexibility index (Phi) is 6.54. The highest BCUT2D eigenvalue weighted by molar-refractivity contribution is 6.06. The summed E-state index contributed by atoms with van der Waals surface area (Å²) in [6, 6.07) is 7.08. The number of urea groups is 1. The van der Waals surface area contributed by atoms with Gasteiger partial charge in [0.15, 0.2) is 0 Å². The Balaban J connectivity index is 1.44. The lowest BCUT2D eigenvalue weighted by Crippen LogP contribution is -2.42. The van der Waals surface area contributed by atoms with Gasteiger partial charge in [0, 0.05) is 32.4 Å². The summed E-state index contributed by atoms with van der Waals surface area (Å²) in [7, 11) is 3.99. The molecule has 2 fully saturated rings. The first kappa shape index (κ1) is 20.2. The molecule has 3 rings (SSSR count). The van der Waals surface area contributed by atoms with Gasteiger partial charge in [-0.2, -0.15) is 0 Å². The van der Waals surface area contributed by atoms with E-state index in [9.17, 15) is 14.4 Å². The quantitative estimate of drug-likeness (QED) is 0.703. The molecule has 1 atom stereocenters. The number of carbonyl (C=O) groups is 3. The van der Waals surface area contributed by atoms with Crippen LogP contribution in [0.25, 0.3) is 0 Å². The number of nitrogens with zero attached hydrogens (tertiary/aromatic N) is 2. The fourth-order valence-corrected chi connectivity index (χ4v) is 3.94. The largest absolute Gasteiger partial charge is 0.378 e.